The van der Waals surface area contributed by atoms with E-state index >= 15 is 0 Å². The number of fused-ring (bicyclic) bond motifs is 3. The van der Waals surface area contributed by atoms with Crippen molar-refractivity contribution in [2.45, 2.75) is 6.17 Å². The maximum atomic E-state index is 4.52. The largest absolute Gasteiger partial charge is 0.309 e. The van der Waals surface area contributed by atoms with Crippen molar-refractivity contribution in [2.24, 2.45) is 9.98 Å². The Balaban J connectivity index is 1.62. The summed E-state index contributed by atoms with van der Waals surface area (Å²) in [7, 11) is 0. The lowest BCUT2D eigenvalue weighted by molar-refractivity contribution is 0.803. The first-order valence-electron chi connectivity index (χ1n) is 9.98. The second-order valence-electron chi connectivity index (χ2n) is 7.36. The number of hydrogen-bond donors (Lipinski definition) is 0. The molecule has 30 heavy (non-hydrogen) atoms. The summed E-state index contributed by atoms with van der Waals surface area (Å²) in [6, 6.07) is 29.6. The van der Waals surface area contributed by atoms with Crippen LogP contribution in [-0.4, -0.2) is 22.0 Å². The maximum Gasteiger partial charge on any atom is 0.165 e. The summed E-state index contributed by atoms with van der Waals surface area (Å²) in [4.78, 5) is 13.4. The highest BCUT2D eigenvalue weighted by Crippen LogP contribution is 2.35. The smallest absolute Gasteiger partial charge is 0.165 e. The lowest BCUT2D eigenvalue weighted by Gasteiger charge is -2.11. The number of aromatic nitrogens is 2. The van der Waals surface area contributed by atoms with E-state index in [1.165, 1.54) is 16.3 Å². The fourth-order valence-electron chi connectivity index (χ4n) is 4.21. The summed E-state index contributed by atoms with van der Waals surface area (Å²) in [5.41, 5.74) is 6.61. The van der Waals surface area contributed by atoms with Crippen molar-refractivity contribution in [1.82, 2.24) is 9.55 Å². The van der Waals surface area contributed by atoms with E-state index in [0.717, 1.165) is 28.0 Å². The Morgan fingerprint density at radius 2 is 1.50 bits per heavy atom. The molecule has 3 heterocycles. The molecule has 0 saturated carbocycles. The van der Waals surface area contributed by atoms with E-state index in [1.54, 1.807) is 12.4 Å². The van der Waals surface area contributed by atoms with E-state index in [0.29, 0.717) is 0 Å². The number of nitrogens with zero attached hydrogens (tertiary/aromatic N) is 4. The van der Waals surface area contributed by atoms with Gasteiger partial charge in [-0.1, -0.05) is 48.5 Å². The molecule has 4 heteroatoms. The molecule has 0 N–H and O–H groups in total. The van der Waals surface area contributed by atoms with Gasteiger partial charge in [-0.05, 0) is 36.4 Å². The fourth-order valence-corrected chi connectivity index (χ4v) is 4.21. The molecule has 5 aromatic rings. The first-order valence-corrected chi connectivity index (χ1v) is 9.98. The predicted molar refractivity (Wildman–Crippen MR) is 124 cm³/mol. The molecule has 1 aliphatic heterocycles. The van der Waals surface area contributed by atoms with Crippen molar-refractivity contribution in [1.29, 1.82) is 0 Å². The van der Waals surface area contributed by atoms with Gasteiger partial charge in [0.05, 0.1) is 16.7 Å². The Labute approximate surface area is 173 Å². The molecule has 0 aliphatic carbocycles. The molecule has 142 valence electrons. The Bertz CT molecular complexity index is 1430. The molecule has 4 nitrogen and oxygen atoms in total. The number of benzene rings is 3. The van der Waals surface area contributed by atoms with Gasteiger partial charge in [0, 0.05) is 46.2 Å². The van der Waals surface area contributed by atoms with E-state index in [2.05, 4.69) is 86.3 Å². The number of para-hydroxylation sites is 1. The van der Waals surface area contributed by atoms with Crippen LogP contribution in [0.15, 0.2) is 101 Å². The summed E-state index contributed by atoms with van der Waals surface area (Å²) in [5.74, 6) is 0. The quantitative estimate of drug-likeness (QED) is 0.375. The topological polar surface area (TPSA) is 42.5 Å². The highest BCUT2D eigenvalue weighted by atomic mass is 15.0. The second kappa shape index (κ2) is 6.78. The summed E-state index contributed by atoms with van der Waals surface area (Å²) in [6.07, 6.45) is 5.21. The zero-order valence-corrected chi connectivity index (χ0v) is 16.2. The fraction of sp³-hybridized carbons (Fsp3) is 0.0385. The normalized spacial score (nSPS) is 13.6. The minimum absolute atomic E-state index is 0.152. The third kappa shape index (κ3) is 2.65. The number of pyridine rings is 1. The van der Waals surface area contributed by atoms with Crippen LogP contribution in [0.3, 0.4) is 0 Å². The average Bonchev–Trinajstić information content (AvgIpc) is 3.46. The van der Waals surface area contributed by atoms with Crippen LogP contribution < -0.4 is 0 Å². The van der Waals surface area contributed by atoms with Gasteiger partial charge in [0.15, 0.2) is 6.17 Å². The molecule has 0 amide bonds. The van der Waals surface area contributed by atoms with Gasteiger partial charge in [0.2, 0.25) is 0 Å². The summed E-state index contributed by atoms with van der Waals surface area (Å²) >= 11 is 0. The third-order valence-electron chi connectivity index (χ3n) is 5.58. The Morgan fingerprint density at radius 1 is 0.667 bits per heavy atom. The average molecular weight is 386 g/mol. The number of rotatable bonds is 3. The third-order valence-corrected chi connectivity index (χ3v) is 5.58. The lowest BCUT2D eigenvalue weighted by Crippen LogP contribution is -1.96. The van der Waals surface area contributed by atoms with Crippen LogP contribution >= 0.6 is 0 Å². The second-order valence-corrected chi connectivity index (χ2v) is 7.36. The Kier molecular flexibility index (Phi) is 3.81. The molecule has 0 spiro atoms. The van der Waals surface area contributed by atoms with E-state index in [4.69, 9.17) is 0 Å². The molecule has 0 saturated heterocycles. The Hall–Kier alpha value is -4.05. The Morgan fingerprint density at radius 3 is 2.37 bits per heavy atom. The van der Waals surface area contributed by atoms with Crippen molar-refractivity contribution < 1.29 is 0 Å². The molecule has 0 radical (unpaired) electrons. The van der Waals surface area contributed by atoms with Crippen LogP contribution in [-0.2, 0) is 0 Å². The van der Waals surface area contributed by atoms with Crippen molar-refractivity contribution in [3.05, 3.63) is 96.7 Å². The molecule has 0 fully saturated rings. The molecule has 6 rings (SSSR count). The van der Waals surface area contributed by atoms with Crippen LogP contribution in [0.5, 0.6) is 0 Å². The number of aliphatic imine (C=N–C) groups is 2. The summed E-state index contributed by atoms with van der Waals surface area (Å²) in [5, 5.41) is 2.46. The van der Waals surface area contributed by atoms with Crippen molar-refractivity contribution in [2.75, 3.05) is 0 Å². The molecule has 0 atom stereocenters. The van der Waals surface area contributed by atoms with E-state index in [9.17, 15) is 0 Å². The first-order chi connectivity index (χ1) is 14.9. The van der Waals surface area contributed by atoms with Crippen molar-refractivity contribution in [3.63, 3.8) is 0 Å². The SMILES string of the molecule is C1=NC(c2ccc3c4ccccc4n(-c4cccc(-c5ccccn5)c4)c3c2)N=C1. The van der Waals surface area contributed by atoms with Crippen LogP contribution in [0.2, 0.25) is 0 Å². The maximum absolute atomic E-state index is 4.52. The van der Waals surface area contributed by atoms with Crippen LogP contribution in [0, 0.1) is 0 Å². The van der Waals surface area contributed by atoms with Crippen molar-refractivity contribution in [3.8, 4) is 16.9 Å². The van der Waals surface area contributed by atoms with Gasteiger partial charge in [-0.25, -0.2) is 0 Å². The summed E-state index contributed by atoms with van der Waals surface area (Å²) < 4.78 is 2.32. The first kappa shape index (κ1) is 16.9. The molecular formula is C26H18N4. The lowest BCUT2D eigenvalue weighted by atomic mass is 10.1. The van der Waals surface area contributed by atoms with E-state index in [-0.39, 0.29) is 6.17 Å². The highest BCUT2D eigenvalue weighted by Gasteiger charge is 2.16. The van der Waals surface area contributed by atoms with E-state index < -0.39 is 0 Å². The van der Waals surface area contributed by atoms with Gasteiger partial charge in [-0.2, -0.15) is 0 Å². The molecule has 3 aromatic carbocycles. The minimum atomic E-state index is -0.152. The van der Waals surface area contributed by atoms with Gasteiger partial charge in [-0.15, -0.1) is 0 Å². The molecule has 1 aliphatic rings. The van der Waals surface area contributed by atoms with Gasteiger partial charge < -0.3 is 4.57 Å². The highest BCUT2D eigenvalue weighted by molar-refractivity contribution is 6.17. The van der Waals surface area contributed by atoms with Crippen LogP contribution in [0.1, 0.15) is 11.7 Å². The monoisotopic (exact) mass is 386 g/mol. The zero-order valence-electron chi connectivity index (χ0n) is 16.2. The van der Waals surface area contributed by atoms with Gasteiger partial charge >= 0.3 is 0 Å². The van der Waals surface area contributed by atoms with E-state index in [1.807, 2.05) is 24.4 Å². The number of hydrogen-bond acceptors (Lipinski definition) is 3. The zero-order chi connectivity index (χ0) is 19.9. The standard InChI is InChI=1S/C26H18N4/c1-2-10-24-21(8-1)22-12-11-19(26-28-14-15-29-26)17-25(22)30(24)20-7-5-6-18(16-20)23-9-3-4-13-27-23/h1-17,26H. The molecule has 2 aromatic heterocycles. The predicted octanol–water partition coefficient (Wildman–Crippen LogP) is 6.00. The summed E-state index contributed by atoms with van der Waals surface area (Å²) in [6.45, 7) is 0. The van der Waals surface area contributed by atoms with Gasteiger partial charge in [0.25, 0.3) is 0 Å². The van der Waals surface area contributed by atoms with Gasteiger partial charge in [0.1, 0.15) is 0 Å². The minimum Gasteiger partial charge on any atom is -0.309 e. The molecule has 0 unspecified atom stereocenters. The molecule has 0 bridgehead atoms. The molecular weight excluding hydrogens is 368 g/mol. The van der Waals surface area contributed by atoms with Gasteiger partial charge in [-0.3, -0.25) is 15.0 Å². The van der Waals surface area contributed by atoms with Crippen LogP contribution in [0.25, 0.3) is 38.8 Å². The van der Waals surface area contributed by atoms with Crippen molar-refractivity contribution >= 4 is 34.2 Å². The van der Waals surface area contributed by atoms with Crippen LogP contribution in [0.4, 0.5) is 0 Å².